The minimum absolute atomic E-state index is 0.207. The van der Waals surface area contributed by atoms with Gasteiger partial charge in [-0.15, -0.1) is 0 Å². The van der Waals surface area contributed by atoms with Crippen LogP contribution in [0.15, 0.2) is 12.1 Å². The Labute approximate surface area is 101 Å². The normalized spacial score (nSPS) is 11.8. The van der Waals surface area contributed by atoms with Crippen LogP contribution in [0.1, 0.15) is 6.92 Å². The molecule has 0 heterocycles. The van der Waals surface area contributed by atoms with Crippen molar-refractivity contribution in [1.82, 2.24) is 0 Å². The highest BCUT2D eigenvalue weighted by molar-refractivity contribution is 5.55. The molecule has 96 valence electrons. The van der Waals surface area contributed by atoms with Crippen molar-refractivity contribution in [3.05, 3.63) is 12.1 Å². The lowest BCUT2D eigenvalue weighted by atomic mass is 10.2. The van der Waals surface area contributed by atoms with Gasteiger partial charge in [-0.3, -0.25) is 0 Å². The van der Waals surface area contributed by atoms with Gasteiger partial charge in [0.15, 0.2) is 11.5 Å². The van der Waals surface area contributed by atoms with E-state index in [4.69, 9.17) is 24.1 Å². The summed E-state index contributed by atoms with van der Waals surface area (Å²) in [6.07, 6.45) is -0.533. The molecule has 1 rings (SSSR count). The van der Waals surface area contributed by atoms with Gasteiger partial charge in [-0.25, -0.2) is 0 Å². The highest BCUT2D eigenvalue weighted by atomic mass is 16.5. The molecule has 0 saturated carbocycles. The van der Waals surface area contributed by atoms with Gasteiger partial charge in [-0.1, -0.05) is 0 Å². The molecule has 0 aliphatic carbocycles. The summed E-state index contributed by atoms with van der Waals surface area (Å²) in [7, 11) is 4.61. The fourth-order valence-corrected chi connectivity index (χ4v) is 1.36. The smallest absolute Gasteiger partial charge is 0.203 e. The molecule has 0 aliphatic heterocycles. The predicted molar refractivity (Wildman–Crippen MR) is 63.3 cm³/mol. The second kappa shape index (κ2) is 6.20. The van der Waals surface area contributed by atoms with E-state index in [1.54, 1.807) is 19.1 Å². The van der Waals surface area contributed by atoms with Crippen LogP contribution < -0.4 is 18.9 Å². The second-order valence-corrected chi connectivity index (χ2v) is 3.52. The van der Waals surface area contributed by atoms with Crippen LogP contribution in [-0.2, 0) is 0 Å². The maximum absolute atomic E-state index is 9.16. The van der Waals surface area contributed by atoms with Gasteiger partial charge in [0, 0.05) is 12.1 Å². The number of ether oxygens (including phenoxy) is 4. The third-order valence-electron chi connectivity index (χ3n) is 2.13. The zero-order valence-corrected chi connectivity index (χ0v) is 10.5. The van der Waals surface area contributed by atoms with Crippen molar-refractivity contribution in [3.63, 3.8) is 0 Å². The molecule has 1 N–H and O–H groups in total. The highest BCUT2D eigenvalue weighted by Gasteiger charge is 2.14. The first-order valence-corrected chi connectivity index (χ1v) is 5.23. The molecule has 17 heavy (non-hydrogen) atoms. The Balaban J connectivity index is 3.00. The Morgan fingerprint density at radius 3 is 1.94 bits per heavy atom. The lowest BCUT2D eigenvalue weighted by Crippen LogP contribution is -2.12. The molecule has 0 bridgehead atoms. The van der Waals surface area contributed by atoms with Gasteiger partial charge in [0.1, 0.15) is 12.4 Å². The Kier molecular flexibility index (Phi) is 4.90. The SMILES string of the molecule is COc1cc(OC[C@@H](C)O)cc(OC)c1OC. The van der Waals surface area contributed by atoms with Crippen LogP contribution >= 0.6 is 0 Å². The number of hydrogen-bond acceptors (Lipinski definition) is 5. The summed E-state index contributed by atoms with van der Waals surface area (Å²) in [5.41, 5.74) is 0. The van der Waals surface area contributed by atoms with E-state index >= 15 is 0 Å². The van der Waals surface area contributed by atoms with E-state index in [9.17, 15) is 0 Å². The number of benzene rings is 1. The minimum atomic E-state index is -0.533. The minimum Gasteiger partial charge on any atom is -0.493 e. The zero-order chi connectivity index (χ0) is 12.8. The van der Waals surface area contributed by atoms with Gasteiger partial charge in [0.2, 0.25) is 5.75 Å². The molecule has 5 nitrogen and oxygen atoms in total. The maximum atomic E-state index is 9.16. The summed E-state index contributed by atoms with van der Waals surface area (Å²) in [5, 5.41) is 9.16. The van der Waals surface area contributed by atoms with Gasteiger partial charge < -0.3 is 24.1 Å². The number of rotatable bonds is 6. The van der Waals surface area contributed by atoms with E-state index in [1.807, 2.05) is 0 Å². The lowest BCUT2D eigenvalue weighted by Gasteiger charge is -2.15. The molecule has 5 heteroatoms. The van der Waals surface area contributed by atoms with Crippen molar-refractivity contribution in [3.8, 4) is 23.0 Å². The number of hydrogen-bond donors (Lipinski definition) is 1. The van der Waals surface area contributed by atoms with Gasteiger partial charge in [0.05, 0.1) is 27.4 Å². The maximum Gasteiger partial charge on any atom is 0.203 e. The number of aliphatic hydroxyl groups is 1. The molecular weight excluding hydrogens is 224 g/mol. The summed E-state index contributed by atoms with van der Waals surface area (Å²) in [6, 6.07) is 3.37. The van der Waals surface area contributed by atoms with E-state index in [0.29, 0.717) is 23.0 Å². The average Bonchev–Trinajstić information content (AvgIpc) is 2.34. The molecule has 0 fully saturated rings. The van der Waals surface area contributed by atoms with Crippen LogP contribution in [0.5, 0.6) is 23.0 Å². The average molecular weight is 242 g/mol. The van der Waals surface area contributed by atoms with Crippen LogP contribution in [-0.4, -0.2) is 39.1 Å². The quantitative estimate of drug-likeness (QED) is 0.818. The Morgan fingerprint density at radius 1 is 1.06 bits per heavy atom. The van der Waals surface area contributed by atoms with Gasteiger partial charge in [-0.2, -0.15) is 0 Å². The van der Waals surface area contributed by atoms with E-state index in [-0.39, 0.29) is 6.61 Å². The molecule has 0 spiro atoms. The van der Waals surface area contributed by atoms with Crippen LogP contribution in [0.4, 0.5) is 0 Å². The van der Waals surface area contributed by atoms with E-state index in [1.165, 1.54) is 21.3 Å². The zero-order valence-electron chi connectivity index (χ0n) is 10.5. The van der Waals surface area contributed by atoms with Crippen molar-refractivity contribution >= 4 is 0 Å². The molecule has 0 amide bonds. The molecule has 0 radical (unpaired) electrons. The third-order valence-corrected chi connectivity index (χ3v) is 2.13. The standard InChI is InChI=1S/C12H18O5/c1-8(13)7-17-9-5-10(14-2)12(16-4)11(6-9)15-3/h5-6,8,13H,7H2,1-4H3/t8-/m1/s1. The van der Waals surface area contributed by atoms with E-state index in [0.717, 1.165) is 0 Å². The first-order valence-electron chi connectivity index (χ1n) is 5.23. The second-order valence-electron chi connectivity index (χ2n) is 3.52. The fourth-order valence-electron chi connectivity index (χ4n) is 1.36. The number of methoxy groups -OCH3 is 3. The Morgan fingerprint density at radius 2 is 1.59 bits per heavy atom. The first-order chi connectivity index (χ1) is 8.12. The first kappa shape index (κ1) is 13.4. The van der Waals surface area contributed by atoms with E-state index < -0.39 is 6.10 Å². The number of aliphatic hydroxyl groups excluding tert-OH is 1. The van der Waals surface area contributed by atoms with Crippen molar-refractivity contribution < 1.29 is 24.1 Å². The molecule has 1 atom stereocenters. The van der Waals surface area contributed by atoms with Crippen molar-refractivity contribution in [2.45, 2.75) is 13.0 Å². The molecule has 0 saturated heterocycles. The van der Waals surface area contributed by atoms with Gasteiger partial charge >= 0.3 is 0 Å². The predicted octanol–water partition coefficient (Wildman–Crippen LogP) is 1.47. The van der Waals surface area contributed by atoms with E-state index in [2.05, 4.69) is 0 Å². The summed E-state index contributed by atoms with van der Waals surface area (Å²) < 4.78 is 20.9. The molecule has 0 aromatic heterocycles. The summed E-state index contributed by atoms with van der Waals surface area (Å²) >= 11 is 0. The molecule has 0 aliphatic rings. The fraction of sp³-hybridized carbons (Fsp3) is 0.500. The van der Waals surface area contributed by atoms with Crippen LogP contribution in [0.3, 0.4) is 0 Å². The summed E-state index contributed by atoms with van der Waals surface area (Å²) in [6.45, 7) is 1.86. The topological polar surface area (TPSA) is 57.2 Å². The van der Waals surface area contributed by atoms with Crippen molar-refractivity contribution in [1.29, 1.82) is 0 Å². The van der Waals surface area contributed by atoms with Crippen molar-refractivity contribution in [2.24, 2.45) is 0 Å². The largest absolute Gasteiger partial charge is 0.493 e. The van der Waals surface area contributed by atoms with Crippen LogP contribution in [0, 0.1) is 0 Å². The lowest BCUT2D eigenvalue weighted by molar-refractivity contribution is 0.122. The monoisotopic (exact) mass is 242 g/mol. The summed E-state index contributed by atoms with van der Waals surface area (Å²) in [5.74, 6) is 2.11. The van der Waals surface area contributed by atoms with Crippen LogP contribution in [0.25, 0.3) is 0 Å². The van der Waals surface area contributed by atoms with Crippen LogP contribution in [0.2, 0.25) is 0 Å². The Bertz CT molecular complexity index is 337. The summed E-state index contributed by atoms with van der Waals surface area (Å²) in [4.78, 5) is 0. The highest BCUT2D eigenvalue weighted by Crippen LogP contribution is 2.40. The van der Waals surface area contributed by atoms with Gasteiger partial charge in [-0.05, 0) is 6.92 Å². The molecular formula is C12H18O5. The molecule has 1 aromatic rings. The molecule has 1 aromatic carbocycles. The Hall–Kier alpha value is -1.62. The third kappa shape index (κ3) is 3.42. The molecule has 0 unspecified atom stereocenters. The van der Waals surface area contributed by atoms with Crippen molar-refractivity contribution in [2.75, 3.05) is 27.9 Å². The van der Waals surface area contributed by atoms with Gasteiger partial charge in [0.25, 0.3) is 0 Å².